The third-order valence-electron chi connectivity index (χ3n) is 4.30. The lowest BCUT2D eigenvalue weighted by molar-refractivity contribution is -0.123. The Morgan fingerprint density at radius 2 is 2.00 bits per heavy atom. The van der Waals surface area contributed by atoms with E-state index >= 15 is 0 Å². The van der Waals surface area contributed by atoms with Gasteiger partial charge in [0.25, 0.3) is 0 Å². The fourth-order valence-electron chi connectivity index (χ4n) is 2.99. The fraction of sp³-hybridized carbons (Fsp3) is 0.733. The Labute approximate surface area is 109 Å². The van der Waals surface area contributed by atoms with E-state index in [4.69, 9.17) is 0 Å². The zero-order chi connectivity index (χ0) is 13.2. The summed E-state index contributed by atoms with van der Waals surface area (Å²) in [5.41, 5.74) is 0.384. The number of Topliss-reactive ketones (excluding diaryl/α,β-unsaturated/α-hetero) is 1. The van der Waals surface area contributed by atoms with Gasteiger partial charge in [-0.3, -0.25) is 4.79 Å². The monoisotopic (exact) mass is 248 g/mol. The van der Waals surface area contributed by atoms with Gasteiger partial charge in [-0.2, -0.15) is 0 Å². The normalized spacial score (nSPS) is 25.1. The van der Waals surface area contributed by atoms with Gasteiger partial charge in [0.05, 0.1) is 6.42 Å². The molecule has 0 unspecified atom stereocenters. The molecule has 1 aliphatic rings. The standard InChI is InChI=1S/C15H24N2O/c1-15(2,3)12-6-4-11(5-7-12)13(18)10-14-16-8-9-17-14/h8-9,11-12H,4-7,10H2,1-3H3,(H,16,17). The van der Waals surface area contributed by atoms with Crippen LogP contribution < -0.4 is 0 Å². The highest BCUT2D eigenvalue weighted by molar-refractivity contribution is 5.82. The van der Waals surface area contributed by atoms with Crippen molar-refractivity contribution in [3.05, 3.63) is 18.2 Å². The van der Waals surface area contributed by atoms with Crippen molar-refractivity contribution in [1.29, 1.82) is 0 Å². The molecule has 3 heteroatoms. The van der Waals surface area contributed by atoms with Gasteiger partial charge in [0.15, 0.2) is 0 Å². The topological polar surface area (TPSA) is 45.8 Å². The number of carbonyl (C=O) groups excluding carboxylic acids is 1. The van der Waals surface area contributed by atoms with Crippen LogP contribution in [0.3, 0.4) is 0 Å². The number of nitrogens with one attached hydrogen (secondary N) is 1. The van der Waals surface area contributed by atoms with Crippen LogP contribution in [0.15, 0.2) is 12.4 Å². The molecule has 0 aromatic carbocycles. The van der Waals surface area contributed by atoms with E-state index in [1.54, 1.807) is 12.4 Å². The molecule has 1 N–H and O–H groups in total. The Bertz CT molecular complexity index is 381. The minimum absolute atomic E-state index is 0.258. The molecule has 0 atom stereocenters. The highest BCUT2D eigenvalue weighted by atomic mass is 16.1. The maximum atomic E-state index is 12.2. The molecule has 1 saturated carbocycles. The SMILES string of the molecule is CC(C)(C)C1CCC(C(=O)Cc2ncc[nH]2)CC1. The zero-order valence-electron chi connectivity index (χ0n) is 11.7. The highest BCUT2D eigenvalue weighted by Crippen LogP contribution is 2.40. The average molecular weight is 248 g/mol. The van der Waals surface area contributed by atoms with Crippen LogP contribution in [0.1, 0.15) is 52.3 Å². The maximum absolute atomic E-state index is 12.2. The van der Waals surface area contributed by atoms with Crippen molar-refractivity contribution in [2.75, 3.05) is 0 Å². The van der Waals surface area contributed by atoms with Crippen molar-refractivity contribution in [3.8, 4) is 0 Å². The van der Waals surface area contributed by atoms with Gasteiger partial charge in [0.2, 0.25) is 0 Å². The van der Waals surface area contributed by atoms with Crippen LogP contribution in [0.2, 0.25) is 0 Å². The average Bonchev–Trinajstić information content (AvgIpc) is 2.81. The van der Waals surface area contributed by atoms with E-state index in [9.17, 15) is 4.79 Å². The number of H-pyrrole nitrogens is 1. The van der Waals surface area contributed by atoms with E-state index < -0.39 is 0 Å². The molecular formula is C15H24N2O. The van der Waals surface area contributed by atoms with E-state index in [-0.39, 0.29) is 5.92 Å². The number of carbonyl (C=O) groups is 1. The predicted octanol–water partition coefficient (Wildman–Crippen LogP) is 3.37. The second-order valence-electron chi connectivity index (χ2n) is 6.59. The van der Waals surface area contributed by atoms with Gasteiger partial charge < -0.3 is 4.98 Å². The van der Waals surface area contributed by atoms with Crippen LogP contribution in [0.5, 0.6) is 0 Å². The molecular weight excluding hydrogens is 224 g/mol. The van der Waals surface area contributed by atoms with Crippen LogP contribution in [-0.4, -0.2) is 15.8 Å². The summed E-state index contributed by atoms with van der Waals surface area (Å²) in [5, 5.41) is 0. The first-order valence-electron chi connectivity index (χ1n) is 6.98. The van der Waals surface area contributed by atoms with Gasteiger partial charge >= 0.3 is 0 Å². The molecule has 1 aromatic rings. The number of aromatic nitrogens is 2. The van der Waals surface area contributed by atoms with Gasteiger partial charge in [0, 0.05) is 18.3 Å². The first-order valence-corrected chi connectivity index (χ1v) is 6.98. The van der Waals surface area contributed by atoms with E-state index in [2.05, 4.69) is 30.7 Å². The third-order valence-corrected chi connectivity index (χ3v) is 4.30. The molecule has 1 heterocycles. The molecule has 18 heavy (non-hydrogen) atoms. The molecule has 1 aliphatic carbocycles. The Hall–Kier alpha value is -1.12. The Morgan fingerprint density at radius 1 is 1.33 bits per heavy atom. The number of hydrogen-bond acceptors (Lipinski definition) is 2. The van der Waals surface area contributed by atoms with Gasteiger partial charge in [-0.25, -0.2) is 4.98 Å². The Balaban J connectivity index is 1.84. The van der Waals surface area contributed by atoms with Crippen molar-refractivity contribution in [1.82, 2.24) is 9.97 Å². The number of nitrogens with zero attached hydrogens (tertiary/aromatic N) is 1. The van der Waals surface area contributed by atoms with Gasteiger partial charge in [-0.15, -0.1) is 0 Å². The third kappa shape index (κ3) is 3.21. The lowest BCUT2D eigenvalue weighted by Crippen LogP contribution is -2.29. The second-order valence-corrected chi connectivity index (χ2v) is 6.59. The van der Waals surface area contributed by atoms with Crippen molar-refractivity contribution >= 4 is 5.78 Å². The van der Waals surface area contributed by atoms with Crippen LogP contribution >= 0.6 is 0 Å². The number of ketones is 1. The molecule has 0 amide bonds. The first kappa shape index (κ1) is 13.3. The summed E-state index contributed by atoms with van der Waals surface area (Å²) in [6.07, 6.45) is 8.45. The molecule has 0 saturated heterocycles. The van der Waals surface area contributed by atoms with Gasteiger partial charge in [0.1, 0.15) is 11.6 Å². The molecule has 0 aliphatic heterocycles. The summed E-state index contributed by atoms with van der Waals surface area (Å²) in [4.78, 5) is 19.3. The largest absolute Gasteiger partial charge is 0.348 e. The Morgan fingerprint density at radius 3 is 2.50 bits per heavy atom. The smallest absolute Gasteiger partial charge is 0.143 e. The molecule has 100 valence electrons. The van der Waals surface area contributed by atoms with E-state index in [0.29, 0.717) is 17.6 Å². The molecule has 2 rings (SSSR count). The van der Waals surface area contributed by atoms with Crippen molar-refractivity contribution in [2.24, 2.45) is 17.3 Å². The molecule has 0 spiro atoms. The second kappa shape index (κ2) is 5.25. The van der Waals surface area contributed by atoms with E-state index in [1.807, 2.05) is 0 Å². The molecule has 1 aromatic heterocycles. The summed E-state index contributed by atoms with van der Waals surface area (Å²) in [6.45, 7) is 6.92. The minimum atomic E-state index is 0.258. The lowest BCUT2D eigenvalue weighted by Gasteiger charge is -2.36. The van der Waals surface area contributed by atoms with E-state index in [1.165, 1.54) is 12.8 Å². The van der Waals surface area contributed by atoms with Crippen LogP contribution in [-0.2, 0) is 11.2 Å². The van der Waals surface area contributed by atoms with Crippen LogP contribution in [0, 0.1) is 17.3 Å². The number of rotatable bonds is 3. The van der Waals surface area contributed by atoms with E-state index in [0.717, 1.165) is 24.6 Å². The first-order chi connectivity index (χ1) is 8.47. The highest BCUT2D eigenvalue weighted by Gasteiger charge is 2.32. The summed E-state index contributed by atoms with van der Waals surface area (Å²) in [5.74, 6) is 2.19. The van der Waals surface area contributed by atoms with Crippen molar-refractivity contribution in [3.63, 3.8) is 0 Å². The fourth-order valence-corrected chi connectivity index (χ4v) is 2.99. The van der Waals surface area contributed by atoms with Crippen LogP contribution in [0.4, 0.5) is 0 Å². The number of hydrogen-bond donors (Lipinski definition) is 1. The number of aromatic amines is 1. The summed E-state index contributed by atoms with van der Waals surface area (Å²) >= 11 is 0. The predicted molar refractivity (Wildman–Crippen MR) is 72.2 cm³/mol. The molecule has 1 fully saturated rings. The van der Waals surface area contributed by atoms with Crippen molar-refractivity contribution in [2.45, 2.75) is 52.9 Å². The zero-order valence-corrected chi connectivity index (χ0v) is 11.7. The van der Waals surface area contributed by atoms with Gasteiger partial charge in [-0.1, -0.05) is 20.8 Å². The number of imidazole rings is 1. The molecule has 3 nitrogen and oxygen atoms in total. The van der Waals surface area contributed by atoms with Crippen LogP contribution in [0.25, 0.3) is 0 Å². The minimum Gasteiger partial charge on any atom is -0.348 e. The molecule has 0 radical (unpaired) electrons. The summed E-state index contributed by atoms with van der Waals surface area (Å²) < 4.78 is 0. The lowest BCUT2D eigenvalue weighted by atomic mass is 9.69. The quantitative estimate of drug-likeness (QED) is 0.891. The van der Waals surface area contributed by atoms with Gasteiger partial charge in [-0.05, 0) is 37.0 Å². The molecule has 0 bridgehead atoms. The Kier molecular flexibility index (Phi) is 3.88. The van der Waals surface area contributed by atoms with Crippen molar-refractivity contribution < 1.29 is 4.79 Å². The summed E-state index contributed by atoms with van der Waals surface area (Å²) in [7, 11) is 0. The summed E-state index contributed by atoms with van der Waals surface area (Å²) in [6, 6.07) is 0. The maximum Gasteiger partial charge on any atom is 0.143 e.